The molecule has 0 saturated carbocycles. The van der Waals surface area contributed by atoms with E-state index in [0.717, 1.165) is 0 Å². The van der Waals surface area contributed by atoms with Gasteiger partial charge < -0.3 is 14.8 Å². The Morgan fingerprint density at radius 2 is 2.18 bits per heavy atom. The predicted octanol–water partition coefficient (Wildman–Crippen LogP) is 0.711. The van der Waals surface area contributed by atoms with Crippen LogP contribution in [-0.2, 0) is 0 Å². The highest BCUT2D eigenvalue weighted by atomic mass is 16.5. The van der Waals surface area contributed by atoms with Gasteiger partial charge in [0.2, 0.25) is 5.75 Å². The molecule has 0 aliphatic carbocycles. The Hall–Kier alpha value is -2.24. The third-order valence-corrected chi connectivity index (χ3v) is 2.45. The number of hydrogen-bond donors (Lipinski definition) is 1. The first-order valence-corrected chi connectivity index (χ1v) is 5.04. The highest BCUT2D eigenvalue weighted by molar-refractivity contribution is 6.02. The molecule has 0 unspecified atom stereocenters. The number of carbonyl (C=O) groups excluding carboxylic acids is 1. The maximum atomic E-state index is 11.7. The molecule has 0 saturated heterocycles. The molecule has 2 rings (SSSR count). The predicted molar refractivity (Wildman–Crippen MR) is 61.7 cm³/mol. The summed E-state index contributed by atoms with van der Waals surface area (Å²) >= 11 is 0. The van der Waals surface area contributed by atoms with Crippen molar-refractivity contribution in [3.05, 3.63) is 23.9 Å². The summed E-state index contributed by atoms with van der Waals surface area (Å²) in [5.74, 6) is 0.604. The van der Waals surface area contributed by atoms with Gasteiger partial charge in [-0.15, -0.1) is 5.10 Å². The smallest absolute Gasteiger partial charge is 0.276 e. The monoisotopic (exact) mass is 235 g/mol. The van der Waals surface area contributed by atoms with Crippen LogP contribution in [0.15, 0.2) is 18.3 Å². The lowest BCUT2D eigenvalue weighted by atomic mass is 10.2. The van der Waals surface area contributed by atoms with Gasteiger partial charge in [-0.25, -0.2) is 4.52 Å². The van der Waals surface area contributed by atoms with Crippen LogP contribution in [0.2, 0.25) is 0 Å². The quantitative estimate of drug-likeness (QED) is 0.851. The van der Waals surface area contributed by atoms with Gasteiger partial charge >= 0.3 is 0 Å². The van der Waals surface area contributed by atoms with Crippen LogP contribution < -0.4 is 14.8 Å². The van der Waals surface area contributed by atoms with E-state index in [0.29, 0.717) is 22.7 Å². The Labute approximate surface area is 98.1 Å². The van der Waals surface area contributed by atoms with Crippen molar-refractivity contribution in [2.45, 2.75) is 0 Å². The molecular weight excluding hydrogens is 222 g/mol. The number of methoxy groups -OCH3 is 2. The highest BCUT2D eigenvalue weighted by Crippen LogP contribution is 2.32. The van der Waals surface area contributed by atoms with E-state index in [9.17, 15) is 4.79 Å². The van der Waals surface area contributed by atoms with E-state index < -0.39 is 0 Å². The van der Waals surface area contributed by atoms with Crippen LogP contribution in [0.3, 0.4) is 0 Å². The number of nitrogens with zero attached hydrogens (tertiary/aromatic N) is 2. The van der Waals surface area contributed by atoms with Gasteiger partial charge in [0.15, 0.2) is 0 Å². The molecule has 0 spiro atoms. The van der Waals surface area contributed by atoms with Crippen molar-refractivity contribution >= 4 is 11.4 Å². The molecule has 1 N–H and O–H groups in total. The van der Waals surface area contributed by atoms with Crippen LogP contribution in [0, 0.1) is 0 Å². The largest absolute Gasteiger partial charge is 0.490 e. The van der Waals surface area contributed by atoms with E-state index in [4.69, 9.17) is 9.47 Å². The minimum absolute atomic E-state index is 0.198. The van der Waals surface area contributed by atoms with Gasteiger partial charge in [-0.05, 0) is 12.1 Å². The fourth-order valence-corrected chi connectivity index (χ4v) is 1.69. The normalized spacial score (nSPS) is 10.3. The van der Waals surface area contributed by atoms with Crippen molar-refractivity contribution in [1.29, 1.82) is 0 Å². The van der Waals surface area contributed by atoms with Crippen LogP contribution in [0.1, 0.15) is 10.4 Å². The zero-order valence-electron chi connectivity index (χ0n) is 9.85. The number of fused-ring (bicyclic) bond motifs is 1. The average Bonchev–Trinajstić information content (AvgIpc) is 2.75. The Morgan fingerprint density at radius 1 is 1.41 bits per heavy atom. The zero-order chi connectivity index (χ0) is 12.4. The summed E-state index contributed by atoms with van der Waals surface area (Å²) in [4.78, 5) is 11.7. The second-order valence-electron chi connectivity index (χ2n) is 3.34. The number of ether oxygens (including phenoxy) is 2. The second kappa shape index (κ2) is 4.32. The van der Waals surface area contributed by atoms with Crippen LogP contribution in [0.25, 0.3) is 5.52 Å². The van der Waals surface area contributed by atoms with Gasteiger partial charge in [0.25, 0.3) is 11.8 Å². The molecule has 0 bridgehead atoms. The maximum Gasteiger partial charge on any atom is 0.276 e. The third-order valence-electron chi connectivity index (χ3n) is 2.45. The molecule has 0 aliphatic heterocycles. The van der Waals surface area contributed by atoms with Crippen molar-refractivity contribution < 1.29 is 14.3 Å². The minimum Gasteiger partial charge on any atom is -0.490 e. The topological polar surface area (TPSA) is 64.9 Å². The van der Waals surface area contributed by atoms with Gasteiger partial charge in [0, 0.05) is 13.2 Å². The summed E-state index contributed by atoms with van der Waals surface area (Å²) in [5.41, 5.74) is 1.08. The minimum atomic E-state index is -0.198. The number of hydrogen-bond acceptors (Lipinski definition) is 4. The Bertz CT molecular complexity index is 562. The molecule has 6 nitrogen and oxygen atoms in total. The van der Waals surface area contributed by atoms with Gasteiger partial charge in [-0.3, -0.25) is 4.79 Å². The second-order valence-corrected chi connectivity index (χ2v) is 3.34. The summed E-state index contributed by atoms with van der Waals surface area (Å²) < 4.78 is 11.9. The van der Waals surface area contributed by atoms with Crippen molar-refractivity contribution in [3.63, 3.8) is 0 Å². The Kier molecular flexibility index (Phi) is 2.86. The highest BCUT2D eigenvalue weighted by Gasteiger charge is 2.19. The van der Waals surface area contributed by atoms with Crippen LogP contribution in [-0.4, -0.2) is 36.8 Å². The first-order chi connectivity index (χ1) is 8.22. The molecular formula is C11H13N3O3. The SMILES string of the molecule is CNC(=O)c1cccn2nc(OC)c(OC)c12. The summed E-state index contributed by atoms with van der Waals surface area (Å²) in [6.07, 6.45) is 1.73. The van der Waals surface area contributed by atoms with E-state index in [1.807, 2.05) is 0 Å². The van der Waals surface area contributed by atoms with E-state index in [1.165, 1.54) is 14.2 Å². The Balaban J connectivity index is 2.77. The van der Waals surface area contributed by atoms with Crippen LogP contribution in [0.5, 0.6) is 11.6 Å². The van der Waals surface area contributed by atoms with Crippen LogP contribution >= 0.6 is 0 Å². The summed E-state index contributed by atoms with van der Waals surface area (Å²) in [6.45, 7) is 0. The van der Waals surface area contributed by atoms with Crippen molar-refractivity contribution in [2.24, 2.45) is 0 Å². The maximum absolute atomic E-state index is 11.7. The molecule has 0 aromatic carbocycles. The molecule has 1 amide bonds. The lowest BCUT2D eigenvalue weighted by Gasteiger charge is -2.04. The lowest BCUT2D eigenvalue weighted by molar-refractivity contribution is 0.0964. The molecule has 0 fully saturated rings. The molecule has 17 heavy (non-hydrogen) atoms. The standard InChI is InChI=1S/C11H13N3O3/c1-12-10(15)7-5-4-6-14-8(7)9(16-2)11(13-14)17-3/h4-6H,1-3H3,(H,12,15). The fourth-order valence-electron chi connectivity index (χ4n) is 1.69. The Morgan fingerprint density at radius 3 is 2.76 bits per heavy atom. The summed E-state index contributed by atoms with van der Waals surface area (Å²) in [5, 5.41) is 6.74. The van der Waals surface area contributed by atoms with Gasteiger partial charge in [0.05, 0.1) is 19.8 Å². The van der Waals surface area contributed by atoms with Gasteiger partial charge in [0.1, 0.15) is 5.52 Å². The lowest BCUT2D eigenvalue weighted by Crippen LogP contribution is -2.18. The van der Waals surface area contributed by atoms with Gasteiger partial charge in [-0.2, -0.15) is 0 Å². The van der Waals surface area contributed by atoms with E-state index in [-0.39, 0.29) is 5.91 Å². The van der Waals surface area contributed by atoms with Crippen molar-refractivity contribution in [1.82, 2.24) is 14.9 Å². The van der Waals surface area contributed by atoms with E-state index >= 15 is 0 Å². The molecule has 6 heteroatoms. The average molecular weight is 235 g/mol. The molecule has 0 aliphatic rings. The fraction of sp³-hybridized carbons (Fsp3) is 0.273. The number of rotatable bonds is 3. The molecule has 90 valence electrons. The molecule has 2 heterocycles. The molecule has 0 radical (unpaired) electrons. The van der Waals surface area contributed by atoms with Gasteiger partial charge in [-0.1, -0.05) is 0 Å². The third kappa shape index (κ3) is 1.67. The first kappa shape index (κ1) is 11.3. The summed E-state index contributed by atoms with van der Waals surface area (Å²) in [6, 6.07) is 3.45. The van der Waals surface area contributed by atoms with Crippen molar-refractivity contribution in [2.75, 3.05) is 21.3 Å². The van der Waals surface area contributed by atoms with E-state index in [1.54, 1.807) is 29.9 Å². The number of carbonyl (C=O) groups is 1. The molecule has 2 aromatic rings. The molecule has 2 aromatic heterocycles. The number of pyridine rings is 1. The van der Waals surface area contributed by atoms with Crippen LogP contribution in [0.4, 0.5) is 0 Å². The summed E-state index contributed by atoms with van der Waals surface area (Å²) in [7, 11) is 4.59. The number of aromatic nitrogens is 2. The number of amides is 1. The number of nitrogens with one attached hydrogen (secondary N) is 1. The molecule has 0 atom stereocenters. The zero-order valence-corrected chi connectivity index (χ0v) is 9.85. The van der Waals surface area contributed by atoms with E-state index in [2.05, 4.69) is 10.4 Å². The van der Waals surface area contributed by atoms with Crippen molar-refractivity contribution in [3.8, 4) is 11.6 Å². The first-order valence-electron chi connectivity index (χ1n) is 5.04.